The smallest absolute Gasteiger partial charge is 0.144 e. The van der Waals surface area contributed by atoms with Crippen molar-refractivity contribution in [2.24, 2.45) is 0 Å². The predicted molar refractivity (Wildman–Crippen MR) is 197 cm³/mol. The van der Waals surface area contributed by atoms with Gasteiger partial charge in [-0.15, -0.1) is 0 Å². The molecule has 0 aliphatic rings. The lowest BCUT2D eigenvalue weighted by molar-refractivity contribution is 0.316. The molecule has 6 heteroatoms. The minimum atomic E-state index is 0.720. The molecule has 10 aromatic rings. The Morgan fingerprint density at radius 2 is 0.980 bits per heavy atom. The van der Waals surface area contributed by atoms with E-state index in [-0.39, 0.29) is 0 Å². The second kappa shape index (κ2) is 10.9. The summed E-state index contributed by atoms with van der Waals surface area (Å²) in [4.78, 5) is 15.6. The van der Waals surface area contributed by atoms with Crippen molar-refractivity contribution in [2.75, 3.05) is 0 Å². The normalized spacial score (nSPS) is 11.7. The van der Waals surface area contributed by atoms with Crippen LogP contribution in [0.5, 0.6) is 0 Å². The molecule has 0 bridgehead atoms. The van der Waals surface area contributed by atoms with Crippen LogP contribution in [0, 0.1) is 0 Å². The molecule has 0 atom stereocenters. The summed E-state index contributed by atoms with van der Waals surface area (Å²) in [6.45, 7) is 0. The molecule has 10 rings (SSSR count). The highest BCUT2D eigenvalue weighted by Gasteiger charge is 2.20. The SMILES string of the molecule is c1ccc(-c2ccc3ccc4ccc(-c5cccc(-c6nc7ccccc7c7c6cc(-c6ccccc6)c6nonc67)c5)nc4c3n2)cc1. The van der Waals surface area contributed by atoms with Gasteiger partial charge in [0.25, 0.3) is 0 Å². The Labute approximate surface area is 280 Å². The molecule has 4 heterocycles. The second-order valence-electron chi connectivity index (χ2n) is 12.2. The Hall–Kier alpha value is -6.79. The maximum absolute atomic E-state index is 5.37. The molecule has 49 heavy (non-hydrogen) atoms. The molecule has 6 nitrogen and oxygen atoms in total. The summed E-state index contributed by atoms with van der Waals surface area (Å²) in [6, 6.07) is 51.9. The minimum absolute atomic E-state index is 0.720. The van der Waals surface area contributed by atoms with Gasteiger partial charge < -0.3 is 0 Å². The third kappa shape index (κ3) is 4.46. The number of rotatable bonds is 4. The number of para-hydroxylation sites is 1. The summed E-state index contributed by atoms with van der Waals surface area (Å²) >= 11 is 0. The molecule has 0 saturated carbocycles. The van der Waals surface area contributed by atoms with Crippen LogP contribution in [0.1, 0.15) is 0 Å². The van der Waals surface area contributed by atoms with E-state index >= 15 is 0 Å². The summed E-state index contributed by atoms with van der Waals surface area (Å²) in [5.41, 5.74) is 11.8. The average molecular weight is 628 g/mol. The monoisotopic (exact) mass is 627 g/mol. The van der Waals surface area contributed by atoms with Gasteiger partial charge in [0.2, 0.25) is 0 Å². The molecule has 4 aromatic heterocycles. The van der Waals surface area contributed by atoms with E-state index in [0.29, 0.717) is 0 Å². The Kier molecular flexibility index (Phi) is 6.08. The number of benzene rings is 6. The van der Waals surface area contributed by atoms with Crippen LogP contribution in [0.15, 0.2) is 156 Å². The minimum Gasteiger partial charge on any atom is -0.247 e. The van der Waals surface area contributed by atoms with Crippen LogP contribution in [0.3, 0.4) is 0 Å². The fourth-order valence-electron chi connectivity index (χ4n) is 6.95. The third-order valence-corrected chi connectivity index (χ3v) is 9.31. The number of hydrogen-bond acceptors (Lipinski definition) is 6. The van der Waals surface area contributed by atoms with E-state index in [1.165, 1.54) is 0 Å². The van der Waals surface area contributed by atoms with Crippen molar-refractivity contribution in [3.63, 3.8) is 0 Å². The molecule has 0 saturated heterocycles. The number of hydrogen-bond donors (Lipinski definition) is 0. The fraction of sp³-hybridized carbons (Fsp3) is 0. The lowest BCUT2D eigenvalue weighted by Gasteiger charge is -2.13. The van der Waals surface area contributed by atoms with Crippen molar-refractivity contribution in [1.82, 2.24) is 25.3 Å². The van der Waals surface area contributed by atoms with E-state index in [4.69, 9.17) is 19.6 Å². The van der Waals surface area contributed by atoms with Crippen molar-refractivity contribution in [3.05, 3.63) is 152 Å². The van der Waals surface area contributed by atoms with Crippen molar-refractivity contribution in [1.29, 1.82) is 0 Å². The summed E-state index contributed by atoms with van der Waals surface area (Å²) in [7, 11) is 0. The molecule has 0 aliphatic heterocycles. The van der Waals surface area contributed by atoms with E-state index < -0.39 is 0 Å². The molecule has 0 radical (unpaired) electrons. The van der Waals surface area contributed by atoms with Crippen LogP contribution in [-0.4, -0.2) is 25.3 Å². The largest absolute Gasteiger partial charge is 0.247 e. The van der Waals surface area contributed by atoms with Crippen LogP contribution in [0.25, 0.3) is 99.4 Å². The van der Waals surface area contributed by atoms with Crippen LogP contribution in [-0.2, 0) is 0 Å². The highest BCUT2D eigenvalue weighted by Crippen LogP contribution is 2.41. The van der Waals surface area contributed by atoms with Gasteiger partial charge in [-0.25, -0.2) is 19.6 Å². The van der Waals surface area contributed by atoms with E-state index in [1.807, 2.05) is 54.6 Å². The molecule has 0 amide bonds. The van der Waals surface area contributed by atoms with Gasteiger partial charge in [0.15, 0.2) is 0 Å². The maximum Gasteiger partial charge on any atom is 0.144 e. The molecular weight excluding hydrogens is 603 g/mol. The summed E-state index contributed by atoms with van der Waals surface area (Å²) in [5, 5.41) is 13.8. The fourth-order valence-corrected chi connectivity index (χ4v) is 6.95. The lowest BCUT2D eigenvalue weighted by atomic mass is 9.93. The molecule has 0 aliphatic carbocycles. The average Bonchev–Trinajstić information content (AvgIpc) is 3.68. The van der Waals surface area contributed by atoms with E-state index in [2.05, 4.69) is 107 Å². The van der Waals surface area contributed by atoms with Gasteiger partial charge in [0.05, 0.1) is 33.6 Å². The van der Waals surface area contributed by atoms with Crippen LogP contribution in [0.4, 0.5) is 0 Å². The zero-order valence-corrected chi connectivity index (χ0v) is 26.1. The lowest BCUT2D eigenvalue weighted by Crippen LogP contribution is -1.94. The first-order valence-electron chi connectivity index (χ1n) is 16.2. The van der Waals surface area contributed by atoms with Gasteiger partial charge in [-0.1, -0.05) is 121 Å². The zero-order chi connectivity index (χ0) is 32.3. The third-order valence-electron chi connectivity index (χ3n) is 9.31. The van der Waals surface area contributed by atoms with Crippen LogP contribution in [0.2, 0.25) is 0 Å². The number of aromatic nitrogens is 5. The highest BCUT2D eigenvalue weighted by atomic mass is 16.6. The highest BCUT2D eigenvalue weighted by molar-refractivity contribution is 6.23. The molecule has 228 valence electrons. The Morgan fingerprint density at radius 3 is 1.73 bits per heavy atom. The summed E-state index contributed by atoms with van der Waals surface area (Å²) in [6.07, 6.45) is 0. The zero-order valence-electron chi connectivity index (χ0n) is 26.1. The van der Waals surface area contributed by atoms with Gasteiger partial charge in [0.1, 0.15) is 11.0 Å². The molecule has 0 fully saturated rings. The first-order valence-corrected chi connectivity index (χ1v) is 16.2. The molecule has 0 unspecified atom stereocenters. The van der Waals surface area contributed by atoms with Crippen LogP contribution < -0.4 is 0 Å². The van der Waals surface area contributed by atoms with Gasteiger partial charge in [-0.05, 0) is 46.2 Å². The van der Waals surface area contributed by atoms with Crippen molar-refractivity contribution in [3.8, 4) is 44.9 Å². The molecule has 0 N–H and O–H groups in total. The quantitative estimate of drug-likeness (QED) is 0.181. The number of pyridine rings is 3. The first-order chi connectivity index (χ1) is 24.3. The van der Waals surface area contributed by atoms with Gasteiger partial charge in [0, 0.05) is 49.2 Å². The van der Waals surface area contributed by atoms with Gasteiger partial charge >= 0.3 is 0 Å². The predicted octanol–water partition coefficient (Wildman–Crippen LogP) is 10.7. The van der Waals surface area contributed by atoms with Crippen molar-refractivity contribution < 1.29 is 4.63 Å². The van der Waals surface area contributed by atoms with E-state index in [0.717, 1.165) is 99.4 Å². The topological polar surface area (TPSA) is 77.6 Å². The van der Waals surface area contributed by atoms with Gasteiger partial charge in [-0.3, -0.25) is 0 Å². The van der Waals surface area contributed by atoms with Crippen molar-refractivity contribution in [2.45, 2.75) is 0 Å². The number of fused-ring (bicyclic) bond motifs is 8. The van der Waals surface area contributed by atoms with E-state index in [1.54, 1.807) is 0 Å². The summed E-state index contributed by atoms with van der Waals surface area (Å²) in [5.74, 6) is 0. The second-order valence-corrected chi connectivity index (χ2v) is 12.2. The summed E-state index contributed by atoms with van der Waals surface area (Å²) < 4.78 is 5.37. The Balaban J connectivity index is 1.18. The standard InChI is InChI=1S/C43H25N5O/c1-3-10-26(11-4-1)33-25-34-38(43-42(33)47-49-48-43)32-16-7-8-17-37(32)46-39(34)31-15-9-14-30(24-31)36-23-21-29-19-18-28-20-22-35(27-12-5-2-6-13-27)44-40(28)41(29)45-36/h1-25H. The van der Waals surface area contributed by atoms with Crippen molar-refractivity contribution >= 4 is 54.5 Å². The number of nitrogens with zero attached hydrogens (tertiary/aromatic N) is 5. The first kappa shape index (κ1) is 27.3. The Bertz CT molecular complexity index is 2880. The molecule has 0 spiro atoms. The maximum atomic E-state index is 5.37. The van der Waals surface area contributed by atoms with Crippen LogP contribution >= 0.6 is 0 Å². The van der Waals surface area contributed by atoms with E-state index in [9.17, 15) is 0 Å². The molecule has 6 aromatic carbocycles. The molecular formula is C43H25N5O. The Morgan fingerprint density at radius 1 is 0.388 bits per heavy atom. The van der Waals surface area contributed by atoms with Gasteiger partial charge in [-0.2, -0.15) is 0 Å².